The van der Waals surface area contributed by atoms with Crippen LogP contribution in [0.2, 0.25) is 0 Å². The lowest BCUT2D eigenvalue weighted by Crippen LogP contribution is -2.32. The van der Waals surface area contributed by atoms with Crippen LogP contribution in [0.1, 0.15) is 48.5 Å². The number of pyridine rings is 1. The number of primary amides is 1. The molecule has 1 amide bonds. The van der Waals surface area contributed by atoms with Gasteiger partial charge in [0.2, 0.25) is 11.8 Å². The molecule has 3 rings (SSSR count). The summed E-state index contributed by atoms with van der Waals surface area (Å²) in [6, 6.07) is 12.1. The lowest BCUT2D eigenvalue weighted by atomic mass is 10.1. The molecule has 25 heavy (non-hydrogen) atoms. The fourth-order valence-electron chi connectivity index (χ4n) is 3.37. The minimum atomic E-state index is -0.494. The second kappa shape index (κ2) is 8.12. The highest BCUT2D eigenvalue weighted by Gasteiger charge is 2.21. The van der Waals surface area contributed by atoms with E-state index in [0.29, 0.717) is 11.4 Å². The van der Waals surface area contributed by atoms with E-state index in [0.717, 1.165) is 24.9 Å². The predicted molar refractivity (Wildman–Crippen MR) is 97.6 cm³/mol. The number of benzene rings is 1. The smallest absolute Gasteiger partial charge is 0.250 e. The Bertz CT molecular complexity index is 692. The third-order valence-corrected chi connectivity index (χ3v) is 4.80. The van der Waals surface area contributed by atoms with E-state index in [1.165, 1.54) is 37.4 Å². The van der Waals surface area contributed by atoms with Gasteiger partial charge in [0.1, 0.15) is 5.75 Å². The first-order chi connectivity index (χ1) is 12.2. The third-order valence-electron chi connectivity index (χ3n) is 4.80. The number of hydrogen-bond donors (Lipinski definition) is 1. The predicted octanol–water partition coefficient (Wildman–Crippen LogP) is 3.74. The fourth-order valence-corrected chi connectivity index (χ4v) is 3.37. The summed E-state index contributed by atoms with van der Waals surface area (Å²) in [6.45, 7) is 4.29. The van der Waals surface area contributed by atoms with Crippen LogP contribution in [0.15, 0.2) is 42.6 Å². The van der Waals surface area contributed by atoms with Crippen molar-refractivity contribution >= 4 is 5.91 Å². The Hall–Kier alpha value is -2.40. The molecule has 5 nitrogen and oxygen atoms in total. The Labute approximate surface area is 148 Å². The molecule has 132 valence electrons. The average molecular weight is 339 g/mol. The van der Waals surface area contributed by atoms with Crippen molar-refractivity contribution in [3.05, 3.63) is 53.7 Å². The lowest BCUT2D eigenvalue weighted by molar-refractivity contribution is 0.1000. The van der Waals surface area contributed by atoms with Crippen molar-refractivity contribution in [3.63, 3.8) is 0 Å². The van der Waals surface area contributed by atoms with Crippen molar-refractivity contribution in [2.75, 3.05) is 6.54 Å². The first-order valence-corrected chi connectivity index (χ1v) is 8.92. The molecule has 0 bridgehead atoms. The largest absolute Gasteiger partial charge is 0.439 e. The van der Waals surface area contributed by atoms with Crippen molar-refractivity contribution in [1.29, 1.82) is 0 Å². The molecule has 5 heteroatoms. The second-order valence-electron chi connectivity index (χ2n) is 6.50. The van der Waals surface area contributed by atoms with E-state index in [2.05, 4.69) is 28.9 Å². The van der Waals surface area contributed by atoms with E-state index in [9.17, 15) is 4.79 Å². The molecule has 1 aliphatic rings. The molecule has 1 heterocycles. The third kappa shape index (κ3) is 4.57. The van der Waals surface area contributed by atoms with Crippen molar-refractivity contribution in [3.8, 4) is 11.6 Å². The first kappa shape index (κ1) is 17.4. The molecular formula is C20H25N3O2. The topological polar surface area (TPSA) is 68.5 Å². The van der Waals surface area contributed by atoms with Gasteiger partial charge in [0, 0.05) is 24.8 Å². The van der Waals surface area contributed by atoms with Crippen LogP contribution in [0.5, 0.6) is 11.6 Å². The van der Waals surface area contributed by atoms with Gasteiger partial charge >= 0.3 is 0 Å². The maximum Gasteiger partial charge on any atom is 0.250 e. The Kier molecular flexibility index (Phi) is 5.66. The van der Waals surface area contributed by atoms with E-state index < -0.39 is 5.91 Å². The molecule has 0 unspecified atom stereocenters. The molecule has 0 saturated heterocycles. The maximum absolute atomic E-state index is 11.1. The van der Waals surface area contributed by atoms with Crippen molar-refractivity contribution < 1.29 is 9.53 Å². The quantitative estimate of drug-likeness (QED) is 0.834. The minimum Gasteiger partial charge on any atom is -0.439 e. The van der Waals surface area contributed by atoms with Gasteiger partial charge in [-0.1, -0.05) is 31.9 Å². The van der Waals surface area contributed by atoms with Gasteiger partial charge < -0.3 is 10.5 Å². The molecule has 1 fully saturated rings. The fraction of sp³-hybridized carbons (Fsp3) is 0.400. The highest BCUT2D eigenvalue weighted by Crippen LogP contribution is 2.26. The number of carbonyl (C=O) groups is 1. The summed E-state index contributed by atoms with van der Waals surface area (Å²) < 4.78 is 5.72. The van der Waals surface area contributed by atoms with Crippen LogP contribution in [0.25, 0.3) is 0 Å². The summed E-state index contributed by atoms with van der Waals surface area (Å²) in [4.78, 5) is 17.7. The van der Waals surface area contributed by atoms with E-state index in [1.54, 1.807) is 12.1 Å². The molecular weight excluding hydrogens is 314 g/mol. The zero-order valence-electron chi connectivity index (χ0n) is 14.6. The summed E-state index contributed by atoms with van der Waals surface area (Å²) in [7, 11) is 0. The summed E-state index contributed by atoms with van der Waals surface area (Å²) >= 11 is 0. The molecule has 1 aromatic heterocycles. The maximum atomic E-state index is 11.1. The van der Waals surface area contributed by atoms with Crippen molar-refractivity contribution in [2.24, 2.45) is 5.73 Å². The second-order valence-corrected chi connectivity index (χ2v) is 6.50. The lowest BCUT2D eigenvalue weighted by Gasteiger charge is -2.27. The van der Waals surface area contributed by atoms with Gasteiger partial charge in [0.15, 0.2) is 0 Å². The number of rotatable bonds is 7. The summed E-state index contributed by atoms with van der Waals surface area (Å²) in [5, 5.41) is 0. The summed E-state index contributed by atoms with van der Waals surface area (Å²) in [6.07, 6.45) is 6.78. The van der Waals surface area contributed by atoms with Gasteiger partial charge in [-0.2, -0.15) is 0 Å². The molecule has 0 radical (unpaired) electrons. The zero-order valence-corrected chi connectivity index (χ0v) is 14.6. The highest BCUT2D eigenvalue weighted by atomic mass is 16.5. The molecule has 1 saturated carbocycles. The number of aromatic nitrogens is 1. The van der Waals surface area contributed by atoms with Crippen LogP contribution in [0.3, 0.4) is 0 Å². The van der Waals surface area contributed by atoms with E-state index >= 15 is 0 Å². The molecule has 0 atom stereocenters. The Morgan fingerprint density at radius 3 is 2.48 bits per heavy atom. The Morgan fingerprint density at radius 2 is 1.92 bits per heavy atom. The van der Waals surface area contributed by atoms with Gasteiger partial charge in [-0.05, 0) is 43.1 Å². The molecule has 2 N–H and O–H groups in total. The van der Waals surface area contributed by atoms with Crippen LogP contribution < -0.4 is 10.5 Å². The van der Waals surface area contributed by atoms with Crippen molar-refractivity contribution in [1.82, 2.24) is 9.88 Å². The van der Waals surface area contributed by atoms with Crippen LogP contribution in [-0.4, -0.2) is 28.4 Å². The van der Waals surface area contributed by atoms with Gasteiger partial charge in [-0.25, -0.2) is 4.98 Å². The number of amides is 1. The molecule has 0 aliphatic heterocycles. The van der Waals surface area contributed by atoms with Gasteiger partial charge in [0.25, 0.3) is 0 Å². The summed E-state index contributed by atoms with van der Waals surface area (Å²) in [5.74, 6) is 0.678. The number of ether oxygens (including phenoxy) is 1. The molecule has 0 spiro atoms. The summed E-state index contributed by atoms with van der Waals surface area (Å²) in [5.41, 5.74) is 6.87. The number of nitrogens with zero attached hydrogens (tertiary/aromatic N) is 2. The Morgan fingerprint density at radius 1 is 1.20 bits per heavy atom. The molecule has 2 aromatic rings. The minimum absolute atomic E-state index is 0.370. The van der Waals surface area contributed by atoms with Crippen LogP contribution >= 0.6 is 0 Å². The molecule has 1 aromatic carbocycles. The van der Waals surface area contributed by atoms with Crippen molar-refractivity contribution in [2.45, 2.75) is 45.2 Å². The van der Waals surface area contributed by atoms with E-state index in [4.69, 9.17) is 10.5 Å². The van der Waals surface area contributed by atoms with E-state index in [1.807, 2.05) is 12.1 Å². The number of hydrogen-bond acceptors (Lipinski definition) is 4. The van der Waals surface area contributed by atoms with Crippen LogP contribution in [0, 0.1) is 0 Å². The number of carbonyl (C=O) groups excluding carboxylic acids is 1. The number of nitrogens with two attached hydrogens (primary N) is 1. The van der Waals surface area contributed by atoms with E-state index in [-0.39, 0.29) is 0 Å². The first-order valence-electron chi connectivity index (χ1n) is 8.92. The Balaban J connectivity index is 1.60. The zero-order chi connectivity index (χ0) is 17.6. The highest BCUT2D eigenvalue weighted by molar-refractivity contribution is 5.92. The van der Waals surface area contributed by atoms with Gasteiger partial charge in [-0.3, -0.25) is 9.69 Å². The standard InChI is InChI=1S/C20H25N3O2/c1-2-23(17-5-3-4-6-17)14-15-7-10-18(11-8-15)25-19-12-9-16(13-22-19)20(21)24/h7-13,17H,2-6,14H2,1H3,(H2,21,24). The van der Waals surface area contributed by atoms with Gasteiger partial charge in [0.05, 0.1) is 5.56 Å². The van der Waals surface area contributed by atoms with Crippen LogP contribution in [-0.2, 0) is 6.54 Å². The SMILES string of the molecule is CCN(Cc1ccc(Oc2ccc(C(N)=O)cn2)cc1)C1CCCC1. The normalized spacial score (nSPS) is 14.8. The van der Waals surface area contributed by atoms with Gasteiger partial charge in [-0.15, -0.1) is 0 Å². The monoisotopic (exact) mass is 339 g/mol. The average Bonchev–Trinajstić information content (AvgIpc) is 3.16. The molecule has 1 aliphatic carbocycles. The van der Waals surface area contributed by atoms with Crippen LogP contribution in [0.4, 0.5) is 0 Å².